The quantitative estimate of drug-likeness (QED) is 0.322. The van der Waals surface area contributed by atoms with Crippen LogP contribution in [-0.2, 0) is 7.05 Å². The van der Waals surface area contributed by atoms with Crippen molar-refractivity contribution in [3.8, 4) is 22.6 Å². The molecule has 0 unspecified atom stereocenters. The van der Waals surface area contributed by atoms with Gasteiger partial charge >= 0.3 is 0 Å². The number of nitrogens with two attached hydrogens (primary N) is 1. The van der Waals surface area contributed by atoms with Crippen LogP contribution < -0.4 is 16.0 Å². The van der Waals surface area contributed by atoms with E-state index in [0.29, 0.717) is 26.1 Å². The Hall–Kier alpha value is -2.13. The monoisotopic (exact) mass is 488 g/mol. The third-order valence-corrected chi connectivity index (χ3v) is 4.82. The van der Waals surface area contributed by atoms with Gasteiger partial charge in [0.2, 0.25) is 0 Å². The first-order chi connectivity index (χ1) is 12.3. The number of rotatable bonds is 3. The fraction of sp³-hybridized carbons (Fsp3) is 0.0556. The summed E-state index contributed by atoms with van der Waals surface area (Å²) in [5.41, 5.74) is 7.11. The summed E-state index contributed by atoms with van der Waals surface area (Å²) >= 11 is 8.07. The molecule has 0 saturated carbocycles. The number of hydrogen-bond donors (Lipinski definition) is 1. The molecule has 0 atom stereocenters. The molecule has 26 heavy (non-hydrogen) atoms. The van der Waals surface area contributed by atoms with Crippen molar-refractivity contribution in [2.75, 3.05) is 5.73 Å². The van der Waals surface area contributed by atoms with Crippen molar-refractivity contribution in [2.24, 2.45) is 7.05 Å². The van der Waals surface area contributed by atoms with Crippen molar-refractivity contribution < 1.29 is 13.5 Å². The van der Waals surface area contributed by atoms with Crippen molar-refractivity contribution >= 4 is 39.9 Å². The van der Waals surface area contributed by atoms with Crippen molar-refractivity contribution in [2.45, 2.75) is 0 Å². The zero-order valence-corrected chi connectivity index (χ0v) is 16.3. The van der Waals surface area contributed by atoms with E-state index < -0.39 is 11.6 Å². The lowest BCUT2D eigenvalue weighted by atomic mass is 10.1. The number of nitrogens with zero attached hydrogens (tertiary/aromatic N) is 1. The predicted octanol–water partition coefficient (Wildman–Crippen LogP) is 4.96. The van der Waals surface area contributed by atoms with Gasteiger partial charge in [-0.2, -0.15) is 0 Å². The van der Waals surface area contributed by atoms with Gasteiger partial charge in [-0.25, -0.2) is 8.78 Å². The summed E-state index contributed by atoms with van der Waals surface area (Å²) in [6.45, 7) is 0. The van der Waals surface area contributed by atoms with Gasteiger partial charge in [-0.05, 0) is 46.9 Å². The molecule has 3 rings (SSSR count). The van der Waals surface area contributed by atoms with Gasteiger partial charge in [0.05, 0.1) is 8.59 Å². The van der Waals surface area contributed by atoms with Gasteiger partial charge in [-0.15, -0.1) is 0 Å². The Labute approximate surface area is 166 Å². The van der Waals surface area contributed by atoms with Gasteiger partial charge in [0, 0.05) is 42.2 Å². The lowest BCUT2D eigenvalue weighted by Gasteiger charge is -2.15. The first-order valence-electron chi connectivity index (χ1n) is 7.34. The van der Waals surface area contributed by atoms with Crippen molar-refractivity contribution in [3.63, 3.8) is 0 Å². The highest BCUT2D eigenvalue weighted by atomic mass is 127. The maximum Gasteiger partial charge on any atom is 0.251 e. The molecule has 2 N–H and O–H groups in total. The van der Waals surface area contributed by atoms with Gasteiger partial charge in [0.1, 0.15) is 11.5 Å². The lowest BCUT2D eigenvalue weighted by molar-refractivity contribution is 0.459. The number of aryl methyl sites for hydroxylation is 1. The molecule has 2 aromatic carbocycles. The molecule has 0 amide bonds. The lowest BCUT2D eigenvalue weighted by Crippen LogP contribution is -2.14. The minimum Gasteiger partial charge on any atom is -0.455 e. The molecule has 3 aromatic rings. The SMILES string of the molecule is Cn1cc(-c2cc(N)ccc2Oc2cc(F)c(F)cc2I)c(Cl)cc1=O. The van der Waals surface area contributed by atoms with Crippen LogP contribution >= 0.6 is 34.2 Å². The van der Waals surface area contributed by atoms with Crippen LogP contribution in [0.25, 0.3) is 11.1 Å². The summed E-state index contributed by atoms with van der Waals surface area (Å²) in [6, 6.07) is 8.14. The van der Waals surface area contributed by atoms with E-state index in [9.17, 15) is 13.6 Å². The maximum atomic E-state index is 13.6. The average molecular weight is 489 g/mol. The first-order valence-corrected chi connectivity index (χ1v) is 8.80. The van der Waals surface area contributed by atoms with E-state index in [-0.39, 0.29) is 16.3 Å². The van der Waals surface area contributed by atoms with Gasteiger partial charge < -0.3 is 15.0 Å². The number of aromatic nitrogens is 1. The summed E-state index contributed by atoms with van der Waals surface area (Å²) in [4.78, 5) is 11.7. The number of anilines is 1. The zero-order chi connectivity index (χ0) is 19.0. The highest BCUT2D eigenvalue weighted by molar-refractivity contribution is 14.1. The Bertz CT molecular complexity index is 1070. The van der Waals surface area contributed by atoms with Crippen LogP contribution in [0.3, 0.4) is 0 Å². The number of benzene rings is 2. The molecule has 1 heterocycles. The van der Waals surface area contributed by atoms with E-state index in [2.05, 4.69) is 0 Å². The van der Waals surface area contributed by atoms with Crippen LogP contribution in [0.15, 0.2) is 47.4 Å². The summed E-state index contributed by atoms with van der Waals surface area (Å²) in [7, 11) is 1.59. The summed E-state index contributed by atoms with van der Waals surface area (Å²) in [5.74, 6) is -1.49. The Morgan fingerprint density at radius 3 is 2.50 bits per heavy atom. The third kappa shape index (κ3) is 3.68. The van der Waals surface area contributed by atoms with Gasteiger partial charge in [0.15, 0.2) is 11.6 Å². The molecule has 0 radical (unpaired) electrons. The van der Waals surface area contributed by atoms with Crippen LogP contribution in [0.4, 0.5) is 14.5 Å². The molecule has 0 bridgehead atoms. The smallest absolute Gasteiger partial charge is 0.251 e. The molecular weight excluding hydrogens is 477 g/mol. The van der Waals surface area contributed by atoms with Gasteiger partial charge in [0.25, 0.3) is 5.56 Å². The Morgan fingerprint density at radius 2 is 1.77 bits per heavy atom. The minimum atomic E-state index is -1.02. The largest absolute Gasteiger partial charge is 0.455 e. The molecule has 0 saturated heterocycles. The van der Waals surface area contributed by atoms with E-state index in [4.69, 9.17) is 22.1 Å². The van der Waals surface area contributed by atoms with Crippen molar-refractivity contribution in [3.05, 3.63) is 73.2 Å². The molecule has 0 aliphatic heterocycles. The molecule has 0 spiro atoms. The van der Waals surface area contributed by atoms with Gasteiger partial charge in [-0.3, -0.25) is 4.79 Å². The molecule has 134 valence electrons. The molecule has 8 heteroatoms. The molecule has 4 nitrogen and oxygen atoms in total. The van der Waals surface area contributed by atoms with Crippen molar-refractivity contribution in [1.82, 2.24) is 4.57 Å². The van der Waals surface area contributed by atoms with Crippen molar-refractivity contribution in [1.29, 1.82) is 0 Å². The first kappa shape index (κ1) is 18.7. The molecule has 1 aromatic heterocycles. The zero-order valence-electron chi connectivity index (χ0n) is 13.4. The normalized spacial score (nSPS) is 10.8. The molecule has 0 aliphatic rings. The third-order valence-electron chi connectivity index (χ3n) is 3.67. The Morgan fingerprint density at radius 1 is 1.08 bits per heavy atom. The number of nitrogen functional groups attached to an aromatic ring is 1. The van der Waals surface area contributed by atoms with E-state index in [1.54, 1.807) is 31.4 Å². The van der Waals surface area contributed by atoms with Gasteiger partial charge in [-0.1, -0.05) is 11.6 Å². The highest BCUT2D eigenvalue weighted by Crippen LogP contribution is 2.39. The van der Waals surface area contributed by atoms with Crippen LogP contribution in [0.5, 0.6) is 11.5 Å². The van der Waals surface area contributed by atoms with E-state index >= 15 is 0 Å². The van der Waals surface area contributed by atoms with E-state index in [1.165, 1.54) is 10.6 Å². The van der Waals surface area contributed by atoms with Crippen LogP contribution in [0.1, 0.15) is 0 Å². The van der Waals surface area contributed by atoms with Crippen LogP contribution in [0.2, 0.25) is 5.02 Å². The number of ether oxygens (including phenoxy) is 1. The highest BCUT2D eigenvalue weighted by Gasteiger charge is 2.16. The average Bonchev–Trinajstić information content (AvgIpc) is 2.57. The topological polar surface area (TPSA) is 57.2 Å². The second-order valence-corrected chi connectivity index (χ2v) is 7.11. The second kappa shape index (κ2) is 7.24. The Balaban J connectivity index is 2.15. The van der Waals surface area contributed by atoms with Crippen LogP contribution in [-0.4, -0.2) is 4.57 Å². The molecule has 0 aliphatic carbocycles. The summed E-state index contributed by atoms with van der Waals surface area (Å²) in [5, 5.41) is 0.225. The summed E-state index contributed by atoms with van der Waals surface area (Å²) < 4.78 is 34.5. The fourth-order valence-corrected chi connectivity index (χ4v) is 3.14. The molecule has 0 fully saturated rings. The number of halogens is 4. The number of hydrogen-bond acceptors (Lipinski definition) is 3. The van der Waals surface area contributed by atoms with E-state index in [1.807, 2.05) is 22.6 Å². The Kier molecular flexibility index (Phi) is 5.19. The fourth-order valence-electron chi connectivity index (χ4n) is 2.35. The number of pyridine rings is 1. The minimum absolute atomic E-state index is 0.150. The maximum absolute atomic E-state index is 13.6. The standard InChI is InChI=1S/C18H12ClF2IN2O2/c1-24-8-11(12(19)5-18(24)25)10-4-9(23)2-3-16(10)26-17-7-14(21)13(20)6-15(17)22/h2-8H,23H2,1H3. The summed E-state index contributed by atoms with van der Waals surface area (Å²) in [6.07, 6.45) is 1.56. The molecular formula is C18H12ClF2IN2O2. The van der Waals surface area contributed by atoms with E-state index in [0.717, 1.165) is 12.1 Å². The second-order valence-electron chi connectivity index (χ2n) is 5.54. The van der Waals surface area contributed by atoms with Crippen LogP contribution in [0, 0.1) is 15.2 Å². The predicted molar refractivity (Wildman–Crippen MR) is 106 cm³/mol.